The summed E-state index contributed by atoms with van der Waals surface area (Å²) in [5.74, 6) is 1.45. The number of aromatic nitrogens is 4. The molecule has 1 unspecified atom stereocenters. The normalized spacial score (nSPS) is 17.8. The van der Waals surface area contributed by atoms with E-state index in [1.807, 2.05) is 13.1 Å². The van der Waals surface area contributed by atoms with E-state index in [1.54, 1.807) is 7.05 Å². The highest BCUT2D eigenvalue weighted by Gasteiger charge is 2.19. The third-order valence-corrected chi connectivity index (χ3v) is 3.70. The van der Waals surface area contributed by atoms with Gasteiger partial charge >= 0.3 is 0 Å². The first-order valence-corrected chi connectivity index (χ1v) is 6.92. The minimum absolute atomic E-state index is 0.344. The second-order valence-corrected chi connectivity index (χ2v) is 5.08. The minimum atomic E-state index is 0.344. The van der Waals surface area contributed by atoms with Crippen molar-refractivity contribution >= 4 is 0 Å². The zero-order valence-corrected chi connectivity index (χ0v) is 11.8. The summed E-state index contributed by atoms with van der Waals surface area (Å²) < 4.78 is 5.76. The van der Waals surface area contributed by atoms with Gasteiger partial charge in [-0.25, -0.2) is 0 Å². The van der Waals surface area contributed by atoms with Crippen molar-refractivity contribution in [3.8, 4) is 5.75 Å². The summed E-state index contributed by atoms with van der Waals surface area (Å²) in [7, 11) is 3.75. The van der Waals surface area contributed by atoms with E-state index < -0.39 is 0 Å². The summed E-state index contributed by atoms with van der Waals surface area (Å²) >= 11 is 0. The van der Waals surface area contributed by atoms with E-state index in [-0.39, 0.29) is 0 Å². The van der Waals surface area contributed by atoms with Crippen LogP contribution in [-0.4, -0.2) is 27.3 Å². The van der Waals surface area contributed by atoms with Crippen LogP contribution in [0, 0.1) is 0 Å². The van der Waals surface area contributed by atoms with Gasteiger partial charge in [0.25, 0.3) is 0 Å². The van der Waals surface area contributed by atoms with E-state index in [0.717, 1.165) is 12.2 Å². The van der Waals surface area contributed by atoms with Gasteiger partial charge < -0.3 is 10.1 Å². The van der Waals surface area contributed by atoms with Crippen LogP contribution in [0.4, 0.5) is 0 Å². The van der Waals surface area contributed by atoms with Crippen molar-refractivity contribution in [2.24, 2.45) is 7.05 Å². The molecule has 106 valence electrons. The molecule has 20 heavy (non-hydrogen) atoms. The first-order valence-electron chi connectivity index (χ1n) is 6.92. The van der Waals surface area contributed by atoms with Crippen LogP contribution in [0.3, 0.4) is 0 Å². The molecule has 0 bridgehead atoms. The molecule has 1 N–H and O–H groups in total. The Hall–Kier alpha value is -1.95. The molecule has 1 aliphatic rings. The Kier molecular flexibility index (Phi) is 3.64. The van der Waals surface area contributed by atoms with Gasteiger partial charge in [-0.05, 0) is 54.8 Å². The molecule has 6 nitrogen and oxygen atoms in total. The monoisotopic (exact) mass is 273 g/mol. The average Bonchev–Trinajstić information content (AvgIpc) is 2.90. The van der Waals surface area contributed by atoms with Gasteiger partial charge in [0, 0.05) is 6.04 Å². The Morgan fingerprint density at radius 1 is 1.45 bits per heavy atom. The molecule has 0 aliphatic heterocycles. The lowest BCUT2D eigenvalue weighted by Crippen LogP contribution is -2.21. The Balaban J connectivity index is 1.74. The van der Waals surface area contributed by atoms with Crippen LogP contribution in [0.2, 0.25) is 0 Å². The zero-order valence-electron chi connectivity index (χ0n) is 11.8. The van der Waals surface area contributed by atoms with Gasteiger partial charge in [0.15, 0.2) is 6.61 Å². The standard InChI is InChI=1S/C14H19N5O/c1-15-13-5-3-4-10-6-7-11(8-12(10)13)20-9-14-16-18-19(2)17-14/h6-8,13,15H,3-5,9H2,1-2H3. The molecule has 1 heterocycles. The van der Waals surface area contributed by atoms with E-state index in [4.69, 9.17) is 4.74 Å². The SMILES string of the molecule is CNC1CCCc2ccc(OCc3nnn(C)n3)cc21. The van der Waals surface area contributed by atoms with Crippen molar-refractivity contribution in [3.05, 3.63) is 35.2 Å². The minimum Gasteiger partial charge on any atom is -0.485 e. The van der Waals surface area contributed by atoms with Crippen LogP contribution >= 0.6 is 0 Å². The number of fused-ring (bicyclic) bond motifs is 1. The quantitative estimate of drug-likeness (QED) is 0.912. The number of aryl methyl sites for hydroxylation is 2. The van der Waals surface area contributed by atoms with Crippen LogP contribution in [0.5, 0.6) is 5.75 Å². The van der Waals surface area contributed by atoms with Gasteiger partial charge in [0.05, 0.1) is 7.05 Å². The van der Waals surface area contributed by atoms with Crippen molar-refractivity contribution < 1.29 is 4.74 Å². The molecule has 0 fully saturated rings. The predicted molar refractivity (Wildman–Crippen MR) is 74.3 cm³/mol. The van der Waals surface area contributed by atoms with Crippen LogP contribution in [0.25, 0.3) is 0 Å². The maximum Gasteiger partial charge on any atom is 0.212 e. The summed E-state index contributed by atoms with van der Waals surface area (Å²) in [6.45, 7) is 0.344. The molecule has 2 aromatic rings. The molecule has 6 heteroatoms. The van der Waals surface area contributed by atoms with E-state index in [9.17, 15) is 0 Å². The maximum absolute atomic E-state index is 5.76. The number of tetrazole rings is 1. The second-order valence-electron chi connectivity index (χ2n) is 5.08. The summed E-state index contributed by atoms with van der Waals surface area (Å²) in [5.41, 5.74) is 2.77. The molecule has 1 aromatic heterocycles. The highest BCUT2D eigenvalue weighted by Crippen LogP contribution is 2.32. The smallest absolute Gasteiger partial charge is 0.212 e. The number of nitrogens with zero attached hydrogens (tertiary/aromatic N) is 4. The van der Waals surface area contributed by atoms with E-state index in [2.05, 4.69) is 32.9 Å². The van der Waals surface area contributed by atoms with Gasteiger partial charge in [0.1, 0.15) is 5.75 Å². The van der Waals surface area contributed by atoms with Crippen molar-refractivity contribution in [1.82, 2.24) is 25.5 Å². The highest BCUT2D eigenvalue weighted by molar-refractivity contribution is 5.39. The molecule has 1 atom stereocenters. The maximum atomic E-state index is 5.76. The van der Waals surface area contributed by atoms with E-state index in [0.29, 0.717) is 18.5 Å². The van der Waals surface area contributed by atoms with Crippen LogP contribution in [-0.2, 0) is 20.1 Å². The first-order chi connectivity index (χ1) is 9.76. The van der Waals surface area contributed by atoms with Crippen molar-refractivity contribution in [1.29, 1.82) is 0 Å². The fourth-order valence-corrected chi connectivity index (χ4v) is 2.70. The Morgan fingerprint density at radius 2 is 2.35 bits per heavy atom. The Bertz CT molecular complexity index is 595. The molecular formula is C14H19N5O. The van der Waals surface area contributed by atoms with E-state index >= 15 is 0 Å². The number of hydrogen-bond acceptors (Lipinski definition) is 5. The third kappa shape index (κ3) is 2.65. The summed E-state index contributed by atoms with van der Waals surface area (Å²) in [5, 5.41) is 15.2. The summed E-state index contributed by atoms with van der Waals surface area (Å²) in [6, 6.07) is 6.74. The largest absolute Gasteiger partial charge is 0.485 e. The van der Waals surface area contributed by atoms with Crippen LogP contribution in [0.1, 0.15) is 35.8 Å². The van der Waals surface area contributed by atoms with Gasteiger partial charge in [0.2, 0.25) is 5.82 Å². The van der Waals surface area contributed by atoms with Crippen LogP contribution < -0.4 is 10.1 Å². The molecule has 1 aliphatic carbocycles. The summed E-state index contributed by atoms with van der Waals surface area (Å²) in [4.78, 5) is 1.43. The second kappa shape index (κ2) is 5.58. The number of hydrogen-bond donors (Lipinski definition) is 1. The van der Waals surface area contributed by atoms with Gasteiger partial charge in [-0.3, -0.25) is 0 Å². The van der Waals surface area contributed by atoms with Gasteiger partial charge in [-0.2, -0.15) is 4.80 Å². The molecule has 0 amide bonds. The van der Waals surface area contributed by atoms with Gasteiger partial charge in [-0.1, -0.05) is 6.07 Å². The lowest BCUT2D eigenvalue weighted by molar-refractivity contribution is 0.294. The topological polar surface area (TPSA) is 64.9 Å². The lowest BCUT2D eigenvalue weighted by Gasteiger charge is -2.25. The van der Waals surface area contributed by atoms with Crippen molar-refractivity contribution in [2.75, 3.05) is 7.05 Å². The molecule has 0 saturated carbocycles. The fraction of sp³-hybridized carbons (Fsp3) is 0.500. The van der Waals surface area contributed by atoms with Gasteiger partial charge in [-0.15, -0.1) is 10.2 Å². The molecular weight excluding hydrogens is 254 g/mol. The Morgan fingerprint density at radius 3 is 3.10 bits per heavy atom. The zero-order chi connectivity index (χ0) is 13.9. The molecule has 3 rings (SSSR count). The molecule has 0 radical (unpaired) electrons. The number of rotatable bonds is 4. The third-order valence-electron chi connectivity index (χ3n) is 3.70. The highest BCUT2D eigenvalue weighted by atomic mass is 16.5. The Labute approximate surface area is 118 Å². The van der Waals surface area contributed by atoms with E-state index in [1.165, 1.54) is 28.8 Å². The lowest BCUT2D eigenvalue weighted by atomic mass is 9.87. The average molecular weight is 273 g/mol. The van der Waals surface area contributed by atoms with Crippen molar-refractivity contribution in [2.45, 2.75) is 31.9 Å². The van der Waals surface area contributed by atoms with Crippen LogP contribution in [0.15, 0.2) is 18.2 Å². The predicted octanol–water partition coefficient (Wildman–Crippen LogP) is 1.39. The molecule has 0 spiro atoms. The molecule has 0 saturated heterocycles. The number of nitrogens with one attached hydrogen (secondary N) is 1. The first kappa shape index (κ1) is 13.1. The summed E-state index contributed by atoms with van der Waals surface area (Å²) in [6.07, 6.45) is 3.57. The van der Waals surface area contributed by atoms with Crippen molar-refractivity contribution in [3.63, 3.8) is 0 Å². The number of ether oxygens (including phenoxy) is 1. The molecule has 1 aromatic carbocycles. The fourth-order valence-electron chi connectivity index (χ4n) is 2.70. The number of benzene rings is 1.